The molecule has 4 aromatic rings. The van der Waals surface area contributed by atoms with Gasteiger partial charge in [0.05, 0.1) is 14.7 Å². The van der Waals surface area contributed by atoms with E-state index in [0.717, 1.165) is 21.4 Å². The third-order valence-corrected chi connectivity index (χ3v) is 7.77. The highest BCUT2D eigenvalue weighted by Crippen LogP contribution is 2.47. The van der Waals surface area contributed by atoms with Gasteiger partial charge >= 0.3 is 5.97 Å². The summed E-state index contributed by atoms with van der Waals surface area (Å²) in [6, 6.07) is 18.1. The largest absolute Gasteiger partial charge is 0.480 e. The normalized spacial score (nSPS) is 13.8. The van der Waals surface area contributed by atoms with Crippen LogP contribution in [0.25, 0.3) is 10.9 Å². The molecule has 3 N–H and O–H groups in total. The average Bonchev–Trinajstić information content (AvgIpc) is 3.19. The number of aromatic amines is 1. The van der Waals surface area contributed by atoms with Gasteiger partial charge in [-0.2, -0.15) is 4.72 Å². The van der Waals surface area contributed by atoms with Crippen LogP contribution in [0, 0.1) is 0 Å². The smallest absolute Gasteiger partial charge is 0.322 e. The molecule has 3 aromatic carbocycles. The number of para-hydroxylation sites is 2. The lowest BCUT2D eigenvalue weighted by atomic mass is 10.1. The van der Waals surface area contributed by atoms with Crippen molar-refractivity contribution in [3.8, 4) is 11.5 Å². The Kier molecular flexibility index (Phi) is 5.16. The van der Waals surface area contributed by atoms with Gasteiger partial charge in [0.1, 0.15) is 17.5 Å². The van der Waals surface area contributed by atoms with E-state index in [4.69, 9.17) is 4.74 Å². The van der Waals surface area contributed by atoms with Gasteiger partial charge in [-0.05, 0) is 42.0 Å². The molecule has 1 aliphatic rings. The second kappa shape index (κ2) is 8.01. The molecule has 1 unspecified atom stereocenters. The number of nitrogens with one attached hydrogen (secondary N) is 2. The predicted molar refractivity (Wildman–Crippen MR) is 121 cm³/mol. The number of fused-ring (bicyclic) bond motifs is 3. The van der Waals surface area contributed by atoms with Crippen LogP contribution < -0.4 is 9.46 Å². The molecule has 0 radical (unpaired) electrons. The fourth-order valence-electron chi connectivity index (χ4n) is 3.63. The van der Waals surface area contributed by atoms with Crippen LogP contribution in [0.4, 0.5) is 0 Å². The van der Waals surface area contributed by atoms with E-state index in [1.54, 1.807) is 12.3 Å². The number of carboxylic acids is 1. The Morgan fingerprint density at radius 2 is 1.78 bits per heavy atom. The van der Waals surface area contributed by atoms with E-state index < -0.39 is 22.0 Å². The van der Waals surface area contributed by atoms with Gasteiger partial charge in [-0.3, -0.25) is 4.79 Å². The quantitative estimate of drug-likeness (QED) is 0.342. The molecule has 0 bridgehead atoms. The number of ether oxygens (including phenoxy) is 1. The summed E-state index contributed by atoms with van der Waals surface area (Å²) in [6.45, 7) is 0. The van der Waals surface area contributed by atoms with E-state index in [1.807, 2.05) is 48.5 Å². The Balaban J connectivity index is 1.41. The molecular weight excluding hydrogens is 448 g/mol. The molecule has 1 aliphatic heterocycles. The van der Waals surface area contributed by atoms with Crippen LogP contribution >= 0.6 is 11.8 Å². The summed E-state index contributed by atoms with van der Waals surface area (Å²) < 4.78 is 34.3. The fraction of sp³-hybridized carbons (Fsp3) is 0.0870. The first-order valence-corrected chi connectivity index (χ1v) is 12.1. The molecule has 1 atom stereocenters. The average molecular weight is 467 g/mol. The SMILES string of the molecule is O=C(O)C(Cc1c[nH]c2ccccc12)NS(=O)(=O)c1ccc2c(c1)Sc1ccccc1O2. The minimum atomic E-state index is -4.08. The first-order chi connectivity index (χ1) is 15.4. The second-order valence-corrected chi connectivity index (χ2v) is 10.1. The van der Waals surface area contributed by atoms with Crippen LogP contribution in [0.3, 0.4) is 0 Å². The van der Waals surface area contributed by atoms with Gasteiger partial charge in [0, 0.05) is 23.5 Å². The topological polar surface area (TPSA) is 108 Å². The van der Waals surface area contributed by atoms with Crippen LogP contribution in [-0.2, 0) is 21.2 Å². The molecule has 2 heterocycles. The molecule has 0 amide bonds. The number of hydrogen-bond acceptors (Lipinski definition) is 5. The van der Waals surface area contributed by atoms with Crippen molar-refractivity contribution in [3.63, 3.8) is 0 Å². The van der Waals surface area contributed by atoms with Gasteiger partial charge in [-0.15, -0.1) is 0 Å². The van der Waals surface area contributed by atoms with Gasteiger partial charge in [0.25, 0.3) is 0 Å². The first kappa shape index (κ1) is 20.6. The number of sulfonamides is 1. The number of carbonyl (C=O) groups is 1. The monoisotopic (exact) mass is 466 g/mol. The molecule has 162 valence electrons. The van der Waals surface area contributed by atoms with E-state index in [-0.39, 0.29) is 11.3 Å². The lowest BCUT2D eigenvalue weighted by Crippen LogP contribution is -2.42. The summed E-state index contributed by atoms with van der Waals surface area (Å²) in [6.07, 6.45) is 1.72. The van der Waals surface area contributed by atoms with Gasteiger partial charge in [-0.25, -0.2) is 8.42 Å². The second-order valence-electron chi connectivity index (χ2n) is 7.34. The zero-order valence-electron chi connectivity index (χ0n) is 16.6. The van der Waals surface area contributed by atoms with E-state index in [1.165, 1.54) is 23.9 Å². The molecular formula is C23H18N2O5S2. The summed E-state index contributed by atoms with van der Waals surface area (Å²) in [5.41, 5.74) is 1.59. The van der Waals surface area contributed by atoms with Crippen molar-refractivity contribution in [2.75, 3.05) is 0 Å². The number of aromatic nitrogens is 1. The van der Waals surface area contributed by atoms with Gasteiger partial charge in [0.15, 0.2) is 0 Å². The van der Waals surface area contributed by atoms with Crippen LogP contribution in [0.15, 0.2) is 87.6 Å². The Labute approximate surface area is 188 Å². The zero-order valence-corrected chi connectivity index (χ0v) is 18.2. The number of aliphatic carboxylic acids is 1. The Hall–Kier alpha value is -3.27. The third-order valence-electron chi connectivity index (χ3n) is 5.21. The lowest BCUT2D eigenvalue weighted by molar-refractivity contribution is -0.138. The molecule has 0 spiro atoms. The summed E-state index contributed by atoms with van der Waals surface area (Å²) in [7, 11) is -4.08. The summed E-state index contributed by atoms with van der Waals surface area (Å²) >= 11 is 1.41. The third kappa shape index (κ3) is 3.86. The number of H-pyrrole nitrogens is 1. The molecule has 1 aromatic heterocycles. The summed E-state index contributed by atoms with van der Waals surface area (Å²) in [4.78, 5) is 16.5. The maximum atomic E-state index is 13.0. The lowest BCUT2D eigenvalue weighted by Gasteiger charge is -2.20. The number of benzene rings is 3. The van der Waals surface area contributed by atoms with Crippen LogP contribution in [0.5, 0.6) is 11.5 Å². The van der Waals surface area contributed by atoms with E-state index in [0.29, 0.717) is 16.4 Å². The molecule has 0 saturated carbocycles. The van der Waals surface area contributed by atoms with E-state index in [9.17, 15) is 18.3 Å². The fourth-order valence-corrected chi connectivity index (χ4v) is 5.91. The van der Waals surface area contributed by atoms with Crippen molar-refractivity contribution >= 4 is 38.7 Å². The molecule has 7 nitrogen and oxygen atoms in total. The molecule has 5 rings (SSSR count). The molecule has 0 fully saturated rings. The standard InChI is InChI=1S/C23H18N2O5S2/c26-23(27)18(11-14-13-24-17-6-2-1-5-16(14)17)25-32(28,29)15-9-10-20-22(12-15)31-21-8-4-3-7-19(21)30-20/h1-10,12-13,18,24-25H,11H2,(H,26,27). The number of rotatable bonds is 6. The van der Waals surface area contributed by atoms with Crippen molar-refractivity contribution in [2.45, 2.75) is 27.1 Å². The minimum Gasteiger partial charge on any atom is -0.480 e. The van der Waals surface area contributed by atoms with Crippen LogP contribution in [0.2, 0.25) is 0 Å². The predicted octanol–water partition coefficient (Wildman–Crippen LogP) is 4.40. The van der Waals surface area contributed by atoms with Crippen LogP contribution in [-0.4, -0.2) is 30.5 Å². The van der Waals surface area contributed by atoms with Gasteiger partial charge in [-0.1, -0.05) is 42.1 Å². The van der Waals surface area contributed by atoms with E-state index in [2.05, 4.69) is 9.71 Å². The van der Waals surface area contributed by atoms with Crippen molar-refractivity contribution in [1.82, 2.24) is 9.71 Å². The zero-order chi connectivity index (χ0) is 22.3. The van der Waals surface area contributed by atoms with Crippen molar-refractivity contribution in [2.24, 2.45) is 0 Å². The maximum Gasteiger partial charge on any atom is 0.322 e. The Bertz CT molecular complexity index is 1450. The molecule has 0 aliphatic carbocycles. The molecule has 0 saturated heterocycles. The van der Waals surface area contributed by atoms with Crippen LogP contribution in [0.1, 0.15) is 5.56 Å². The number of carboxylic acid groups (broad SMARTS) is 1. The highest BCUT2D eigenvalue weighted by Gasteiger charge is 2.28. The summed E-state index contributed by atoms with van der Waals surface area (Å²) in [5.74, 6) is 0.0214. The Morgan fingerprint density at radius 1 is 1.03 bits per heavy atom. The van der Waals surface area contributed by atoms with Crippen molar-refractivity contribution in [3.05, 3.63) is 78.5 Å². The maximum absolute atomic E-state index is 13.0. The Morgan fingerprint density at radius 3 is 2.62 bits per heavy atom. The molecule has 32 heavy (non-hydrogen) atoms. The van der Waals surface area contributed by atoms with Crippen molar-refractivity contribution < 1.29 is 23.1 Å². The highest BCUT2D eigenvalue weighted by molar-refractivity contribution is 7.99. The molecule has 9 heteroatoms. The van der Waals surface area contributed by atoms with Gasteiger partial charge < -0.3 is 14.8 Å². The highest BCUT2D eigenvalue weighted by atomic mass is 32.2. The number of hydrogen-bond donors (Lipinski definition) is 3. The summed E-state index contributed by atoms with van der Waals surface area (Å²) in [5, 5.41) is 10.6. The van der Waals surface area contributed by atoms with Crippen molar-refractivity contribution in [1.29, 1.82) is 0 Å². The van der Waals surface area contributed by atoms with Gasteiger partial charge in [0.2, 0.25) is 10.0 Å². The minimum absolute atomic E-state index is 0.00868. The first-order valence-electron chi connectivity index (χ1n) is 9.80. The van der Waals surface area contributed by atoms with E-state index >= 15 is 0 Å².